The molecule has 0 spiro atoms. The molecule has 2 aromatic heterocycles. The molecule has 2 N–H and O–H groups in total. The summed E-state index contributed by atoms with van der Waals surface area (Å²) in [7, 11) is 0. The highest BCUT2D eigenvalue weighted by Gasteiger charge is 2.14. The van der Waals surface area contributed by atoms with Crippen LogP contribution in [0, 0.1) is 0 Å². The van der Waals surface area contributed by atoms with E-state index in [2.05, 4.69) is 4.98 Å². The van der Waals surface area contributed by atoms with E-state index in [-0.39, 0.29) is 6.04 Å². The summed E-state index contributed by atoms with van der Waals surface area (Å²) < 4.78 is 1.08. The van der Waals surface area contributed by atoms with E-state index in [1.54, 1.807) is 22.7 Å². The fourth-order valence-electron chi connectivity index (χ4n) is 1.64. The fraction of sp³-hybridized carbons (Fsp3) is 0.0833. The number of hydrogen-bond donors (Lipinski definition) is 1. The molecule has 0 amide bonds. The largest absolute Gasteiger partial charge is 0.318 e. The number of aromatic nitrogens is 1. The first-order valence-corrected chi connectivity index (χ1v) is 7.16. The minimum absolute atomic E-state index is 0.133. The van der Waals surface area contributed by atoms with Gasteiger partial charge in [0.25, 0.3) is 0 Å². The molecule has 3 rings (SSSR count). The van der Waals surface area contributed by atoms with Crippen LogP contribution in [0.3, 0.4) is 0 Å². The van der Waals surface area contributed by atoms with Gasteiger partial charge in [-0.1, -0.05) is 17.7 Å². The third kappa shape index (κ3) is 2.09. The van der Waals surface area contributed by atoms with Crippen LogP contribution >= 0.6 is 34.3 Å². The van der Waals surface area contributed by atoms with Gasteiger partial charge in [-0.25, -0.2) is 4.98 Å². The molecular weight excluding hydrogens is 272 g/mol. The Morgan fingerprint density at radius 1 is 1.29 bits per heavy atom. The number of thiophene rings is 1. The van der Waals surface area contributed by atoms with Crippen LogP contribution in [0.5, 0.6) is 0 Å². The van der Waals surface area contributed by atoms with Crippen molar-refractivity contribution >= 4 is 44.5 Å². The molecule has 0 fully saturated rings. The molecule has 0 saturated carbocycles. The molecule has 1 unspecified atom stereocenters. The molecule has 2 heterocycles. The lowest BCUT2D eigenvalue weighted by molar-refractivity contribution is 0.883. The summed E-state index contributed by atoms with van der Waals surface area (Å²) >= 11 is 9.22. The average molecular weight is 281 g/mol. The third-order valence-corrected chi connectivity index (χ3v) is 4.77. The van der Waals surface area contributed by atoms with Crippen molar-refractivity contribution < 1.29 is 0 Å². The fourth-order valence-corrected chi connectivity index (χ4v) is 3.71. The zero-order chi connectivity index (χ0) is 11.8. The van der Waals surface area contributed by atoms with Crippen LogP contribution in [0.25, 0.3) is 10.2 Å². The Bertz CT molecular complexity index is 646. The highest BCUT2D eigenvalue weighted by molar-refractivity contribution is 7.19. The topological polar surface area (TPSA) is 38.9 Å². The third-order valence-electron chi connectivity index (χ3n) is 2.48. The molecule has 0 saturated heterocycles. The van der Waals surface area contributed by atoms with E-state index in [0.717, 1.165) is 25.1 Å². The van der Waals surface area contributed by atoms with Crippen LogP contribution in [0.15, 0.2) is 35.7 Å². The number of thiazole rings is 1. The van der Waals surface area contributed by atoms with Gasteiger partial charge >= 0.3 is 0 Å². The summed E-state index contributed by atoms with van der Waals surface area (Å²) in [6, 6.07) is 9.62. The van der Waals surface area contributed by atoms with Gasteiger partial charge < -0.3 is 5.73 Å². The molecule has 17 heavy (non-hydrogen) atoms. The molecule has 5 heteroatoms. The maximum Gasteiger partial charge on any atom is 0.116 e. The number of rotatable bonds is 2. The van der Waals surface area contributed by atoms with Crippen LogP contribution in [0.2, 0.25) is 5.02 Å². The SMILES string of the molecule is NC(c1cccs1)c1nc2ccc(Cl)cc2s1. The van der Waals surface area contributed by atoms with Gasteiger partial charge in [0.1, 0.15) is 5.01 Å². The van der Waals surface area contributed by atoms with Gasteiger partial charge in [0, 0.05) is 9.90 Å². The summed E-state index contributed by atoms with van der Waals surface area (Å²) in [5.74, 6) is 0. The molecule has 86 valence electrons. The summed E-state index contributed by atoms with van der Waals surface area (Å²) in [4.78, 5) is 5.69. The molecule has 0 radical (unpaired) electrons. The lowest BCUT2D eigenvalue weighted by atomic mass is 10.3. The van der Waals surface area contributed by atoms with E-state index >= 15 is 0 Å². The molecule has 2 nitrogen and oxygen atoms in total. The normalized spacial score (nSPS) is 13.1. The number of fused-ring (bicyclic) bond motifs is 1. The van der Waals surface area contributed by atoms with E-state index < -0.39 is 0 Å². The Hall–Kier alpha value is -0.940. The van der Waals surface area contributed by atoms with Crippen LogP contribution in [-0.4, -0.2) is 4.98 Å². The molecule has 0 aliphatic heterocycles. The second-order valence-corrected chi connectivity index (χ2v) is 6.14. The van der Waals surface area contributed by atoms with E-state index in [1.165, 1.54) is 0 Å². The maximum atomic E-state index is 6.19. The van der Waals surface area contributed by atoms with E-state index in [9.17, 15) is 0 Å². The zero-order valence-electron chi connectivity index (χ0n) is 8.76. The second-order valence-electron chi connectivity index (χ2n) is 3.66. The standard InChI is InChI=1S/C12H9ClN2S2/c13-7-3-4-8-10(6-7)17-12(15-8)11(14)9-2-1-5-16-9/h1-6,11H,14H2. The quantitative estimate of drug-likeness (QED) is 0.769. The van der Waals surface area contributed by atoms with Crippen molar-refractivity contribution in [2.45, 2.75) is 6.04 Å². The first-order chi connectivity index (χ1) is 8.24. The first-order valence-electron chi connectivity index (χ1n) is 5.09. The minimum atomic E-state index is -0.133. The lowest BCUT2D eigenvalue weighted by Crippen LogP contribution is -2.09. The van der Waals surface area contributed by atoms with E-state index in [0.29, 0.717) is 0 Å². The number of nitrogens with zero attached hydrogens (tertiary/aromatic N) is 1. The molecule has 1 atom stereocenters. The van der Waals surface area contributed by atoms with Crippen LogP contribution in [0.4, 0.5) is 0 Å². The molecule has 3 aromatic rings. The lowest BCUT2D eigenvalue weighted by Gasteiger charge is -2.03. The zero-order valence-corrected chi connectivity index (χ0v) is 11.1. The Balaban J connectivity index is 2.06. The van der Waals surface area contributed by atoms with Gasteiger partial charge in [-0.05, 0) is 29.6 Å². The number of halogens is 1. The summed E-state index contributed by atoms with van der Waals surface area (Å²) in [6.07, 6.45) is 0. The van der Waals surface area contributed by atoms with Crippen molar-refractivity contribution in [3.05, 3.63) is 50.6 Å². The first kappa shape index (κ1) is 11.2. The van der Waals surface area contributed by atoms with Gasteiger partial charge in [-0.15, -0.1) is 22.7 Å². The minimum Gasteiger partial charge on any atom is -0.318 e. The molecular formula is C12H9ClN2S2. The Morgan fingerprint density at radius 2 is 2.18 bits per heavy atom. The Labute approximate surface area is 112 Å². The molecule has 0 bridgehead atoms. The van der Waals surface area contributed by atoms with Crippen LogP contribution < -0.4 is 5.73 Å². The van der Waals surface area contributed by atoms with E-state index in [1.807, 2.05) is 35.7 Å². The van der Waals surface area contributed by atoms with Crippen molar-refractivity contribution in [3.63, 3.8) is 0 Å². The van der Waals surface area contributed by atoms with Gasteiger partial charge in [0.2, 0.25) is 0 Å². The van der Waals surface area contributed by atoms with Crippen LogP contribution in [-0.2, 0) is 0 Å². The summed E-state index contributed by atoms with van der Waals surface area (Å²) in [5, 5.41) is 3.70. The maximum absolute atomic E-state index is 6.19. The monoisotopic (exact) mass is 280 g/mol. The van der Waals surface area contributed by atoms with Crippen molar-refractivity contribution in [1.82, 2.24) is 4.98 Å². The van der Waals surface area contributed by atoms with Gasteiger partial charge in [0.15, 0.2) is 0 Å². The Morgan fingerprint density at radius 3 is 2.94 bits per heavy atom. The highest BCUT2D eigenvalue weighted by atomic mass is 35.5. The van der Waals surface area contributed by atoms with Gasteiger partial charge in [-0.3, -0.25) is 0 Å². The molecule has 1 aromatic carbocycles. The van der Waals surface area contributed by atoms with Crippen LogP contribution in [0.1, 0.15) is 15.9 Å². The van der Waals surface area contributed by atoms with Crippen molar-refractivity contribution in [2.75, 3.05) is 0 Å². The average Bonchev–Trinajstić information content (AvgIpc) is 2.96. The molecule has 0 aliphatic rings. The van der Waals surface area contributed by atoms with Crippen molar-refractivity contribution in [1.29, 1.82) is 0 Å². The number of hydrogen-bond acceptors (Lipinski definition) is 4. The molecule has 0 aliphatic carbocycles. The van der Waals surface area contributed by atoms with Crippen molar-refractivity contribution in [3.8, 4) is 0 Å². The van der Waals surface area contributed by atoms with Crippen molar-refractivity contribution in [2.24, 2.45) is 5.73 Å². The predicted molar refractivity (Wildman–Crippen MR) is 75.0 cm³/mol. The summed E-state index contributed by atoms with van der Waals surface area (Å²) in [6.45, 7) is 0. The smallest absolute Gasteiger partial charge is 0.116 e. The Kier molecular flexibility index (Phi) is 2.88. The number of benzene rings is 1. The van der Waals surface area contributed by atoms with Gasteiger partial charge in [-0.2, -0.15) is 0 Å². The predicted octanol–water partition coefficient (Wildman–Crippen LogP) is 4.06. The van der Waals surface area contributed by atoms with E-state index in [4.69, 9.17) is 17.3 Å². The number of nitrogens with two attached hydrogens (primary N) is 1. The summed E-state index contributed by atoms with van der Waals surface area (Å²) in [5.41, 5.74) is 7.15. The highest BCUT2D eigenvalue weighted by Crippen LogP contribution is 2.31. The van der Waals surface area contributed by atoms with Gasteiger partial charge in [0.05, 0.1) is 16.3 Å². The second kappa shape index (κ2) is 4.38.